The van der Waals surface area contributed by atoms with Gasteiger partial charge in [-0.15, -0.1) is 0 Å². The molecule has 0 saturated heterocycles. The van der Waals surface area contributed by atoms with Gasteiger partial charge in [-0.3, -0.25) is 0 Å². The number of benzene rings is 1. The number of carboxylic acids is 1. The third-order valence-electron chi connectivity index (χ3n) is 2.24. The molecule has 0 saturated carbocycles. The summed E-state index contributed by atoms with van der Waals surface area (Å²) in [5.41, 5.74) is 2.19. The summed E-state index contributed by atoms with van der Waals surface area (Å²) in [5.74, 6) is -1.24. The van der Waals surface area contributed by atoms with E-state index in [0.29, 0.717) is 10.0 Å². The number of carboxylic acid groups (broad SMARTS) is 1. The van der Waals surface area contributed by atoms with Crippen LogP contribution in [-0.4, -0.2) is 16.2 Å². The summed E-state index contributed by atoms with van der Waals surface area (Å²) < 4.78 is 0.621. The predicted molar refractivity (Wildman–Crippen MR) is 56.2 cm³/mol. The van der Waals surface area contributed by atoms with Crippen molar-refractivity contribution in [3.05, 3.63) is 33.3 Å². The van der Waals surface area contributed by atoms with E-state index < -0.39 is 12.1 Å². The predicted octanol–water partition coefficient (Wildman–Crippen LogP) is 2.18. The van der Waals surface area contributed by atoms with Gasteiger partial charge in [0.05, 0.1) is 0 Å². The Morgan fingerprint density at radius 3 is 2.50 bits per heavy atom. The Balaban J connectivity index is 3.32. The van der Waals surface area contributed by atoms with Gasteiger partial charge in [0.2, 0.25) is 0 Å². The number of hydrogen-bond donors (Lipinski definition) is 2. The molecule has 0 aliphatic heterocycles. The molecule has 0 bridgehead atoms. The highest BCUT2D eigenvalue weighted by atomic mass is 79.9. The van der Waals surface area contributed by atoms with Crippen LogP contribution in [0.2, 0.25) is 0 Å². The lowest BCUT2D eigenvalue weighted by atomic mass is 9.99. The second kappa shape index (κ2) is 4.11. The van der Waals surface area contributed by atoms with E-state index in [1.807, 2.05) is 13.0 Å². The minimum Gasteiger partial charge on any atom is -0.479 e. The minimum absolute atomic E-state index is 0.428. The van der Waals surface area contributed by atoms with Crippen molar-refractivity contribution in [1.82, 2.24) is 0 Å². The molecular formula is C10H11BrO3. The monoisotopic (exact) mass is 258 g/mol. The lowest BCUT2D eigenvalue weighted by molar-refractivity contribution is -0.147. The first-order valence-corrected chi connectivity index (χ1v) is 4.91. The number of halogens is 1. The van der Waals surface area contributed by atoms with Gasteiger partial charge in [-0.1, -0.05) is 22.0 Å². The Morgan fingerprint density at radius 2 is 2.00 bits per heavy atom. The maximum absolute atomic E-state index is 10.6. The van der Waals surface area contributed by atoms with Gasteiger partial charge in [0.25, 0.3) is 0 Å². The average molecular weight is 259 g/mol. The van der Waals surface area contributed by atoms with Crippen LogP contribution in [0, 0.1) is 13.8 Å². The fraction of sp³-hybridized carbons (Fsp3) is 0.300. The van der Waals surface area contributed by atoms with Crippen LogP contribution in [0.1, 0.15) is 22.8 Å². The van der Waals surface area contributed by atoms with Crippen LogP contribution in [0.25, 0.3) is 0 Å². The largest absolute Gasteiger partial charge is 0.479 e. The van der Waals surface area contributed by atoms with Crippen molar-refractivity contribution in [2.45, 2.75) is 20.0 Å². The Kier molecular flexibility index (Phi) is 3.29. The van der Waals surface area contributed by atoms with Gasteiger partial charge in [0, 0.05) is 10.0 Å². The first-order chi connectivity index (χ1) is 6.45. The Bertz CT molecular complexity index is 374. The molecule has 1 aromatic rings. The SMILES string of the molecule is Cc1ccc(Br)c(C(O)C(=O)O)c1C. The van der Waals surface area contributed by atoms with Gasteiger partial charge >= 0.3 is 5.97 Å². The molecule has 1 atom stereocenters. The van der Waals surface area contributed by atoms with Crippen LogP contribution < -0.4 is 0 Å². The molecule has 0 aromatic heterocycles. The second-order valence-electron chi connectivity index (χ2n) is 3.14. The quantitative estimate of drug-likeness (QED) is 0.855. The Labute approximate surface area is 90.5 Å². The van der Waals surface area contributed by atoms with E-state index in [9.17, 15) is 9.90 Å². The summed E-state index contributed by atoms with van der Waals surface area (Å²) in [7, 11) is 0. The number of hydrogen-bond acceptors (Lipinski definition) is 2. The van der Waals surface area contributed by atoms with Crippen molar-refractivity contribution >= 4 is 21.9 Å². The van der Waals surface area contributed by atoms with Gasteiger partial charge in [-0.2, -0.15) is 0 Å². The third-order valence-corrected chi connectivity index (χ3v) is 2.93. The normalized spacial score (nSPS) is 12.6. The zero-order valence-corrected chi connectivity index (χ0v) is 9.50. The van der Waals surface area contributed by atoms with Crippen LogP contribution >= 0.6 is 15.9 Å². The topological polar surface area (TPSA) is 57.5 Å². The summed E-state index contributed by atoms with van der Waals surface area (Å²) in [4.78, 5) is 10.6. The molecule has 0 radical (unpaired) electrons. The van der Waals surface area contributed by atoms with Crippen LogP contribution in [-0.2, 0) is 4.79 Å². The summed E-state index contributed by atoms with van der Waals surface area (Å²) in [6, 6.07) is 3.61. The van der Waals surface area contributed by atoms with E-state index in [1.165, 1.54) is 0 Å². The number of carbonyl (C=O) groups is 1. The molecule has 0 aliphatic rings. The smallest absolute Gasteiger partial charge is 0.337 e. The molecule has 1 unspecified atom stereocenters. The molecule has 2 N–H and O–H groups in total. The molecule has 1 rings (SSSR count). The van der Waals surface area contributed by atoms with Crippen molar-refractivity contribution < 1.29 is 15.0 Å². The van der Waals surface area contributed by atoms with Gasteiger partial charge in [-0.25, -0.2) is 4.79 Å². The van der Waals surface area contributed by atoms with E-state index in [0.717, 1.165) is 11.1 Å². The maximum Gasteiger partial charge on any atom is 0.337 e. The molecule has 76 valence electrons. The summed E-state index contributed by atoms with van der Waals surface area (Å²) in [5, 5.41) is 18.2. The van der Waals surface area contributed by atoms with Crippen molar-refractivity contribution in [3.63, 3.8) is 0 Å². The molecule has 0 amide bonds. The van der Waals surface area contributed by atoms with Crippen molar-refractivity contribution in [3.8, 4) is 0 Å². The fourth-order valence-corrected chi connectivity index (χ4v) is 1.91. The fourth-order valence-electron chi connectivity index (χ4n) is 1.26. The Hall–Kier alpha value is -0.870. The van der Waals surface area contributed by atoms with Crippen molar-refractivity contribution in [2.75, 3.05) is 0 Å². The molecule has 14 heavy (non-hydrogen) atoms. The van der Waals surface area contributed by atoms with E-state index in [2.05, 4.69) is 15.9 Å². The summed E-state index contributed by atoms with van der Waals surface area (Å²) in [6.07, 6.45) is -1.47. The average Bonchev–Trinajstić information content (AvgIpc) is 2.12. The third kappa shape index (κ3) is 1.96. The molecule has 4 heteroatoms. The van der Waals surface area contributed by atoms with Crippen LogP contribution in [0.15, 0.2) is 16.6 Å². The standard InChI is InChI=1S/C10H11BrO3/c1-5-3-4-7(11)8(6(5)2)9(12)10(13)14/h3-4,9,12H,1-2H3,(H,13,14). The van der Waals surface area contributed by atoms with Crippen LogP contribution in [0.4, 0.5) is 0 Å². The number of rotatable bonds is 2. The first-order valence-electron chi connectivity index (χ1n) is 4.11. The Morgan fingerprint density at radius 1 is 1.43 bits per heavy atom. The molecule has 1 aromatic carbocycles. The lowest BCUT2D eigenvalue weighted by Gasteiger charge is -2.13. The highest BCUT2D eigenvalue weighted by molar-refractivity contribution is 9.10. The molecule has 0 spiro atoms. The minimum atomic E-state index is -1.47. The summed E-state index contributed by atoms with van der Waals surface area (Å²) in [6.45, 7) is 3.67. The van der Waals surface area contributed by atoms with Gasteiger partial charge in [0.1, 0.15) is 0 Å². The van der Waals surface area contributed by atoms with Gasteiger partial charge in [-0.05, 0) is 31.0 Å². The molecule has 0 heterocycles. The van der Waals surface area contributed by atoms with Crippen molar-refractivity contribution in [2.24, 2.45) is 0 Å². The van der Waals surface area contributed by atoms with Crippen molar-refractivity contribution in [1.29, 1.82) is 0 Å². The van der Waals surface area contributed by atoms with Crippen LogP contribution in [0.5, 0.6) is 0 Å². The van der Waals surface area contributed by atoms with E-state index in [1.54, 1.807) is 13.0 Å². The van der Waals surface area contributed by atoms with Gasteiger partial charge < -0.3 is 10.2 Å². The van der Waals surface area contributed by atoms with Gasteiger partial charge in [0.15, 0.2) is 6.10 Å². The highest BCUT2D eigenvalue weighted by Gasteiger charge is 2.21. The number of aryl methyl sites for hydroxylation is 1. The molecule has 0 aliphatic carbocycles. The molecule has 3 nitrogen and oxygen atoms in total. The van der Waals surface area contributed by atoms with E-state index in [-0.39, 0.29) is 0 Å². The zero-order valence-electron chi connectivity index (χ0n) is 7.91. The van der Waals surface area contributed by atoms with E-state index in [4.69, 9.17) is 5.11 Å². The molecular weight excluding hydrogens is 248 g/mol. The molecule has 0 fully saturated rings. The first kappa shape index (κ1) is 11.2. The van der Waals surface area contributed by atoms with E-state index >= 15 is 0 Å². The second-order valence-corrected chi connectivity index (χ2v) is 4.00. The number of aliphatic hydroxyl groups excluding tert-OH is 1. The number of aliphatic carboxylic acids is 1. The highest BCUT2D eigenvalue weighted by Crippen LogP contribution is 2.28. The maximum atomic E-state index is 10.6. The summed E-state index contributed by atoms with van der Waals surface area (Å²) >= 11 is 3.23. The number of aliphatic hydroxyl groups is 1. The zero-order chi connectivity index (χ0) is 10.9. The lowest BCUT2D eigenvalue weighted by Crippen LogP contribution is -2.13. The van der Waals surface area contributed by atoms with Crippen LogP contribution in [0.3, 0.4) is 0 Å².